The van der Waals surface area contributed by atoms with Gasteiger partial charge in [0.1, 0.15) is 0 Å². The van der Waals surface area contributed by atoms with Crippen LogP contribution < -0.4 is 9.97 Å². The number of carbonyl (C=O) groups is 1. The Balaban J connectivity index is 0.00000595. The Morgan fingerprint density at radius 1 is 0.460 bits per heavy atom. The van der Waals surface area contributed by atoms with E-state index in [0.29, 0.717) is 0 Å². The minimum Gasteiger partial charge on any atom is -0.657 e. The van der Waals surface area contributed by atoms with Crippen LogP contribution in [0.3, 0.4) is 0 Å². The first-order valence-corrected chi connectivity index (χ1v) is 22.5. The SMILES string of the molecule is CC(=O)Sc1ccc(-c2c3nc(c(-c4cc(C(C)(C)C)cc(C(C)(C)C)c4)c4ccc(cc5nc(c(-c6cc(C(C)(C)C)cc(C(C)(C)C)c6)c6ccc2[n-]6)C=C5)[n-]4)C=C3)cc1.[Zn+2]. The Kier molecular flexibility index (Phi) is 12.2. The van der Waals surface area contributed by atoms with Crippen molar-refractivity contribution in [3.8, 4) is 33.4 Å². The maximum absolute atomic E-state index is 12.1. The van der Waals surface area contributed by atoms with Crippen LogP contribution in [0.25, 0.3) is 79.8 Å². The Hall–Kier alpha value is -5.10. The van der Waals surface area contributed by atoms with Crippen molar-refractivity contribution in [2.75, 3.05) is 0 Å². The van der Waals surface area contributed by atoms with Gasteiger partial charge in [-0.15, -0.1) is 22.1 Å². The molecule has 0 saturated heterocycles. The van der Waals surface area contributed by atoms with Gasteiger partial charge in [-0.1, -0.05) is 174 Å². The quantitative estimate of drug-likeness (QED) is 0.129. The third kappa shape index (κ3) is 9.71. The van der Waals surface area contributed by atoms with Gasteiger partial charge in [-0.3, -0.25) is 4.79 Å². The summed E-state index contributed by atoms with van der Waals surface area (Å²) in [6.45, 7) is 28.8. The number of carbonyl (C=O) groups excluding carboxylic acids is 1. The van der Waals surface area contributed by atoms with E-state index in [0.717, 1.165) is 83.1 Å². The molecule has 0 spiro atoms. The van der Waals surface area contributed by atoms with E-state index in [2.05, 4.69) is 186 Å². The van der Waals surface area contributed by atoms with Crippen LogP contribution in [0.15, 0.2) is 95.9 Å². The normalized spacial score (nSPS) is 13.0. The summed E-state index contributed by atoms with van der Waals surface area (Å²) < 4.78 is 0. The number of hydrogen-bond acceptors (Lipinski definition) is 4. The van der Waals surface area contributed by atoms with E-state index < -0.39 is 0 Å². The van der Waals surface area contributed by atoms with Crippen molar-refractivity contribution in [2.45, 2.75) is 117 Å². The summed E-state index contributed by atoms with van der Waals surface area (Å²) >= 11 is 1.23. The third-order valence-electron chi connectivity index (χ3n) is 11.7. The summed E-state index contributed by atoms with van der Waals surface area (Å²) in [5.41, 5.74) is 17.4. The molecule has 63 heavy (non-hydrogen) atoms. The zero-order chi connectivity index (χ0) is 44.5. The minimum absolute atomic E-state index is 0. The van der Waals surface area contributed by atoms with Crippen molar-refractivity contribution < 1.29 is 24.3 Å². The van der Waals surface area contributed by atoms with Crippen LogP contribution in [-0.4, -0.2) is 15.1 Å². The van der Waals surface area contributed by atoms with Gasteiger partial charge in [-0.05, 0) is 114 Å². The van der Waals surface area contributed by atoms with Crippen molar-refractivity contribution in [3.05, 3.63) is 136 Å². The van der Waals surface area contributed by atoms with Crippen LogP contribution in [0.1, 0.15) is 135 Å². The smallest absolute Gasteiger partial charge is 0.657 e. The number of benzene rings is 3. The van der Waals surface area contributed by atoms with Crippen molar-refractivity contribution in [1.82, 2.24) is 19.9 Å². The molecule has 0 N–H and O–H groups in total. The van der Waals surface area contributed by atoms with Gasteiger partial charge >= 0.3 is 19.5 Å². The molecule has 5 nitrogen and oxygen atoms in total. The van der Waals surface area contributed by atoms with Gasteiger partial charge in [0.15, 0.2) is 5.12 Å². The van der Waals surface area contributed by atoms with Gasteiger partial charge in [-0.25, -0.2) is 9.97 Å². The monoisotopic (exact) mass is 898 g/mol. The molecule has 0 aliphatic carbocycles. The summed E-state index contributed by atoms with van der Waals surface area (Å²) in [7, 11) is 0. The van der Waals surface area contributed by atoms with Gasteiger partial charge in [0.2, 0.25) is 0 Å². The molecule has 0 amide bonds. The van der Waals surface area contributed by atoms with E-state index in [-0.39, 0.29) is 46.3 Å². The van der Waals surface area contributed by atoms with E-state index in [1.54, 1.807) is 6.92 Å². The van der Waals surface area contributed by atoms with E-state index in [1.807, 2.05) is 12.1 Å². The molecule has 2 aliphatic heterocycles. The first-order valence-electron chi connectivity index (χ1n) is 21.7. The van der Waals surface area contributed by atoms with Crippen LogP contribution in [0, 0.1) is 0 Å². The van der Waals surface area contributed by atoms with Crippen LogP contribution in [0.5, 0.6) is 0 Å². The zero-order valence-corrected chi connectivity index (χ0v) is 43.1. The molecule has 2 aliphatic rings. The van der Waals surface area contributed by atoms with Gasteiger partial charge < -0.3 is 9.97 Å². The average Bonchev–Trinajstić information content (AvgIpc) is 4.01. The zero-order valence-electron chi connectivity index (χ0n) is 39.3. The van der Waals surface area contributed by atoms with Crippen molar-refractivity contribution in [3.63, 3.8) is 0 Å². The molecule has 0 saturated carbocycles. The number of aromatic nitrogens is 4. The molecule has 5 heterocycles. The molecule has 8 bridgehead atoms. The Morgan fingerprint density at radius 3 is 1.30 bits per heavy atom. The fraction of sp³-hybridized carbons (Fsp3) is 0.304. The second-order valence-electron chi connectivity index (χ2n) is 20.9. The van der Waals surface area contributed by atoms with Gasteiger partial charge in [0.05, 0.1) is 22.8 Å². The average molecular weight is 901 g/mol. The predicted octanol–water partition coefficient (Wildman–Crippen LogP) is 14.7. The van der Waals surface area contributed by atoms with Crippen molar-refractivity contribution in [1.29, 1.82) is 0 Å². The summed E-state index contributed by atoms with van der Waals surface area (Å²) in [6.07, 6.45) is 8.43. The summed E-state index contributed by atoms with van der Waals surface area (Å²) in [5.74, 6) is 0. The molecule has 0 atom stereocenters. The van der Waals surface area contributed by atoms with E-state index in [9.17, 15) is 4.79 Å². The number of nitrogens with zero attached hydrogens (tertiary/aromatic N) is 4. The molecular weight excluding hydrogens is 842 g/mol. The van der Waals surface area contributed by atoms with Gasteiger partial charge in [0, 0.05) is 11.8 Å². The van der Waals surface area contributed by atoms with E-state index in [1.165, 1.54) is 34.0 Å². The van der Waals surface area contributed by atoms with Crippen molar-refractivity contribution >= 4 is 63.2 Å². The molecule has 0 radical (unpaired) electrons. The fourth-order valence-electron chi connectivity index (χ4n) is 8.04. The summed E-state index contributed by atoms with van der Waals surface area (Å²) in [5, 5.41) is 0.0485. The molecular formula is C56H58N4OSZn. The molecule has 316 valence electrons. The van der Waals surface area contributed by atoms with Crippen LogP contribution >= 0.6 is 11.8 Å². The second kappa shape index (κ2) is 16.8. The standard InChI is InChI=1S/C56H58N4OS.Zn/c1-33(61)62-43-18-14-34(15-19-43)50-46-22-24-48(59-46)51(35-26-37(53(2,3)4)30-38(27-35)54(5,6)7)44-20-16-41(57-44)32-42-17-21-45(58-42)52(49-25-23-47(50)60-49)36-28-39(55(8,9)10)31-40(29-36)56(11,12)13;/h14-32H,1-13H3;/q-2;+2. The maximum Gasteiger partial charge on any atom is 2.00 e. The van der Waals surface area contributed by atoms with Crippen molar-refractivity contribution in [2.24, 2.45) is 0 Å². The fourth-order valence-corrected chi connectivity index (χ4v) is 8.64. The number of fused-ring (bicyclic) bond motifs is 8. The predicted molar refractivity (Wildman–Crippen MR) is 264 cm³/mol. The summed E-state index contributed by atoms with van der Waals surface area (Å²) in [4.78, 5) is 34.6. The van der Waals surface area contributed by atoms with Crippen LogP contribution in [0.4, 0.5) is 0 Å². The molecule has 7 heteroatoms. The third-order valence-corrected chi connectivity index (χ3v) is 12.5. The first kappa shape index (κ1) is 45.9. The van der Waals surface area contributed by atoms with Crippen LogP contribution in [-0.2, 0) is 45.9 Å². The van der Waals surface area contributed by atoms with Crippen LogP contribution in [0.2, 0.25) is 0 Å². The maximum atomic E-state index is 12.1. The van der Waals surface area contributed by atoms with Gasteiger partial charge in [0.25, 0.3) is 0 Å². The first-order chi connectivity index (χ1) is 29.0. The molecule has 0 fully saturated rings. The number of hydrogen-bond donors (Lipinski definition) is 0. The van der Waals surface area contributed by atoms with E-state index in [4.69, 9.17) is 19.9 Å². The molecule has 3 aromatic carbocycles. The van der Waals surface area contributed by atoms with Gasteiger partial charge in [-0.2, -0.15) is 0 Å². The molecule has 6 aromatic rings. The largest absolute Gasteiger partial charge is 2.00 e. The number of thioether (sulfide) groups is 1. The summed E-state index contributed by atoms with van der Waals surface area (Å²) in [6, 6.07) is 32.7. The Labute approximate surface area is 391 Å². The second-order valence-corrected chi connectivity index (χ2v) is 22.2. The number of rotatable bonds is 4. The van der Waals surface area contributed by atoms with E-state index >= 15 is 0 Å². The minimum atomic E-state index is -0.0772. The Morgan fingerprint density at radius 2 is 0.857 bits per heavy atom. The molecule has 3 aromatic heterocycles. The topological polar surface area (TPSA) is 71.1 Å². The Bertz CT molecular complexity index is 2850. The molecule has 0 unspecified atom stereocenters. The molecule has 8 rings (SSSR count).